The number of aromatic nitrogens is 1. The fourth-order valence-electron chi connectivity index (χ4n) is 1.60. The first-order valence-electron chi connectivity index (χ1n) is 5.64. The Labute approximate surface area is 115 Å². The lowest BCUT2D eigenvalue weighted by Crippen LogP contribution is -2.10. The van der Waals surface area contributed by atoms with Gasteiger partial charge in [-0.15, -0.1) is 22.9 Å². The van der Waals surface area contributed by atoms with Crippen molar-refractivity contribution in [2.24, 2.45) is 0 Å². The number of benzene rings is 1. The van der Waals surface area contributed by atoms with Crippen molar-refractivity contribution in [3.63, 3.8) is 0 Å². The Kier molecular flexibility index (Phi) is 4.73. The van der Waals surface area contributed by atoms with Crippen LogP contribution >= 0.6 is 22.9 Å². The maximum absolute atomic E-state index is 11.8. The average molecular weight is 281 g/mol. The van der Waals surface area contributed by atoms with Gasteiger partial charge in [0.15, 0.2) is 0 Å². The molecule has 0 aliphatic heterocycles. The van der Waals surface area contributed by atoms with E-state index >= 15 is 0 Å². The van der Waals surface area contributed by atoms with Crippen LogP contribution in [-0.2, 0) is 6.42 Å². The van der Waals surface area contributed by atoms with E-state index in [1.807, 2.05) is 24.3 Å². The molecule has 0 aliphatic carbocycles. The molecule has 0 saturated carbocycles. The van der Waals surface area contributed by atoms with E-state index in [4.69, 9.17) is 11.6 Å². The van der Waals surface area contributed by atoms with Gasteiger partial charge in [0.05, 0.1) is 11.7 Å². The molecular weight excluding hydrogens is 268 g/mol. The van der Waals surface area contributed by atoms with Crippen molar-refractivity contribution in [1.29, 1.82) is 0 Å². The molecule has 2 aromatic rings. The van der Waals surface area contributed by atoms with E-state index in [1.54, 1.807) is 11.7 Å². The van der Waals surface area contributed by atoms with Crippen LogP contribution < -0.4 is 5.32 Å². The number of carbonyl (C=O) groups is 1. The van der Waals surface area contributed by atoms with Gasteiger partial charge in [-0.3, -0.25) is 9.78 Å². The first-order chi connectivity index (χ1) is 8.79. The molecule has 0 saturated heterocycles. The number of halogens is 1. The van der Waals surface area contributed by atoms with Gasteiger partial charge >= 0.3 is 0 Å². The molecule has 0 bridgehead atoms. The number of carbonyl (C=O) groups excluding carboxylic acids is 1. The predicted octanol–water partition coefficient (Wildman–Crippen LogP) is 3.57. The number of thiazole rings is 1. The number of rotatable bonds is 5. The van der Waals surface area contributed by atoms with Gasteiger partial charge in [0.1, 0.15) is 4.88 Å². The molecule has 18 heavy (non-hydrogen) atoms. The maximum atomic E-state index is 11.8. The molecule has 3 nitrogen and oxygen atoms in total. The summed E-state index contributed by atoms with van der Waals surface area (Å²) in [7, 11) is 0. The number of nitrogens with zero attached hydrogens (tertiary/aromatic N) is 1. The monoisotopic (exact) mass is 280 g/mol. The van der Waals surface area contributed by atoms with E-state index < -0.39 is 0 Å². The van der Waals surface area contributed by atoms with Gasteiger partial charge in [0, 0.05) is 11.6 Å². The quantitative estimate of drug-likeness (QED) is 0.851. The smallest absolute Gasteiger partial charge is 0.267 e. The lowest BCUT2D eigenvalue weighted by Gasteiger charge is -2.05. The molecular formula is C13H13ClN2OS. The van der Waals surface area contributed by atoms with Crippen LogP contribution in [0.15, 0.2) is 36.0 Å². The topological polar surface area (TPSA) is 42.0 Å². The van der Waals surface area contributed by atoms with Crippen LogP contribution in [0.1, 0.15) is 21.7 Å². The van der Waals surface area contributed by atoms with Crippen LogP contribution in [0.3, 0.4) is 0 Å². The second-order valence-electron chi connectivity index (χ2n) is 3.81. The van der Waals surface area contributed by atoms with E-state index in [-0.39, 0.29) is 5.91 Å². The third kappa shape index (κ3) is 3.55. The highest BCUT2D eigenvalue weighted by molar-refractivity contribution is 7.11. The highest BCUT2D eigenvalue weighted by Gasteiger charge is 2.07. The molecule has 0 aliphatic rings. The normalized spacial score (nSPS) is 10.3. The molecule has 1 heterocycles. The Morgan fingerprint density at radius 2 is 2.33 bits per heavy atom. The number of hydrogen-bond donors (Lipinski definition) is 1. The van der Waals surface area contributed by atoms with Gasteiger partial charge in [-0.05, 0) is 30.5 Å². The summed E-state index contributed by atoms with van der Waals surface area (Å²) in [5.74, 6) is 0.532. The minimum atomic E-state index is -0.119. The van der Waals surface area contributed by atoms with E-state index in [0.717, 1.165) is 18.5 Å². The van der Waals surface area contributed by atoms with Crippen LogP contribution in [0.2, 0.25) is 0 Å². The minimum absolute atomic E-state index is 0.119. The summed E-state index contributed by atoms with van der Waals surface area (Å²) in [6.45, 7) is 0. The van der Waals surface area contributed by atoms with Crippen LogP contribution in [0.4, 0.5) is 5.69 Å². The van der Waals surface area contributed by atoms with Crippen LogP contribution in [-0.4, -0.2) is 16.8 Å². The lowest BCUT2D eigenvalue weighted by molar-refractivity contribution is 0.103. The van der Waals surface area contributed by atoms with Crippen molar-refractivity contribution in [1.82, 2.24) is 4.98 Å². The molecule has 1 amide bonds. The molecule has 1 aromatic heterocycles. The molecule has 1 N–H and O–H groups in total. The molecule has 0 radical (unpaired) electrons. The molecule has 5 heteroatoms. The van der Waals surface area contributed by atoms with Gasteiger partial charge in [-0.1, -0.05) is 12.1 Å². The Morgan fingerprint density at radius 3 is 3.06 bits per heavy atom. The van der Waals surface area contributed by atoms with Gasteiger partial charge in [0.2, 0.25) is 0 Å². The number of aryl methyl sites for hydroxylation is 1. The third-order valence-electron chi connectivity index (χ3n) is 2.44. The zero-order valence-corrected chi connectivity index (χ0v) is 11.3. The Hall–Kier alpha value is -1.39. The summed E-state index contributed by atoms with van der Waals surface area (Å²) in [6, 6.07) is 7.83. The van der Waals surface area contributed by atoms with Crippen LogP contribution in [0.25, 0.3) is 0 Å². The van der Waals surface area contributed by atoms with Gasteiger partial charge in [0.25, 0.3) is 5.91 Å². The van der Waals surface area contributed by atoms with Crippen LogP contribution in [0.5, 0.6) is 0 Å². The largest absolute Gasteiger partial charge is 0.321 e. The second kappa shape index (κ2) is 6.52. The molecule has 0 atom stereocenters. The summed E-state index contributed by atoms with van der Waals surface area (Å²) in [4.78, 5) is 16.3. The molecule has 94 valence electrons. The number of hydrogen-bond acceptors (Lipinski definition) is 3. The Morgan fingerprint density at radius 1 is 1.44 bits per heavy atom. The molecule has 2 rings (SSSR count). The van der Waals surface area contributed by atoms with Crippen molar-refractivity contribution in [2.45, 2.75) is 12.8 Å². The highest BCUT2D eigenvalue weighted by atomic mass is 35.5. The first-order valence-corrected chi connectivity index (χ1v) is 7.06. The second-order valence-corrected chi connectivity index (χ2v) is 5.08. The van der Waals surface area contributed by atoms with E-state index in [0.29, 0.717) is 10.8 Å². The number of anilines is 1. The summed E-state index contributed by atoms with van der Waals surface area (Å²) in [5, 5.41) is 2.86. The number of alkyl halides is 1. The SMILES string of the molecule is O=C(Nc1cccc(CCCCl)c1)c1cncs1. The average Bonchev–Trinajstić information content (AvgIpc) is 2.91. The molecule has 0 unspecified atom stereocenters. The van der Waals surface area contributed by atoms with Crippen LogP contribution in [0, 0.1) is 0 Å². The molecule has 1 aromatic carbocycles. The number of amides is 1. The van der Waals surface area contributed by atoms with Crippen molar-refractivity contribution < 1.29 is 4.79 Å². The zero-order chi connectivity index (χ0) is 12.8. The summed E-state index contributed by atoms with van der Waals surface area (Å²) >= 11 is 7.00. The van der Waals surface area contributed by atoms with Gasteiger partial charge in [-0.25, -0.2) is 0 Å². The number of nitrogens with one attached hydrogen (secondary N) is 1. The van der Waals surface area contributed by atoms with Gasteiger partial charge < -0.3 is 5.32 Å². The first kappa shape index (κ1) is 13.1. The third-order valence-corrected chi connectivity index (χ3v) is 3.48. The Balaban J connectivity index is 2.03. The summed E-state index contributed by atoms with van der Waals surface area (Å²) in [5.41, 5.74) is 3.63. The molecule has 0 fully saturated rings. The highest BCUT2D eigenvalue weighted by Crippen LogP contribution is 2.15. The lowest BCUT2D eigenvalue weighted by atomic mass is 10.1. The van der Waals surface area contributed by atoms with Gasteiger partial charge in [-0.2, -0.15) is 0 Å². The fourth-order valence-corrected chi connectivity index (χ4v) is 2.24. The minimum Gasteiger partial charge on any atom is -0.321 e. The predicted molar refractivity (Wildman–Crippen MR) is 75.6 cm³/mol. The summed E-state index contributed by atoms with van der Waals surface area (Å²) < 4.78 is 0. The van der Waals surface area contributed by atoms with E-state index in [2.05, 4.69) is 10.3 Å². The molecule has 0 spiro atoms. The van der Waals surface area contributed by atoms with Crippen molar-refractivity contribution in [2.75, 3.05) is 11.2 Å². The van der Waals surface area contributed by atoms with Crippen molar-refractivity contribution >= 4 is 34.5 Å². The van der Waals surface area contributed by atoms with E-state index in [1.165, 1.54) is 16.9 Å². The standard InChI is InChI=1S/C13H13ClN2OS/c14-6-2-4-10-3-1-5-11(7-10)16-13(17)12-8-15-9-18-12/h1,3,5,7-9H,2,4,6H2,(H,16,17). The fraction of sp³-hybridized carbons (Fsp3) is 0.231. The maximum Gasteiger partial charge on any atom is 0.267 e. The summed E-state index contributed by atoms with van der Waals surface area (Å²) in [6.07, 6.45) is 3.43. The zero-order valence-electron chi connectivity index (χ0n) is 9.73. The van der Waals surface area contributed by atoms with Crippen molar-refractivity contribution in [3.8, 4) is 0 Å². The Bertz CT molecular complexity index is 513. The van der Waals surface area contributed by atoms with Crippen molar-refractivity contribution in [3.05, 3.63) is 46.4 Å². The van der Waals surface area contributed by atoms with E-state index in [9.17, 15) is 4.79 Å².